The number of nitrogens with one attached hydrogen (secondary N) is 2. The van der Waals surface area contributed by atoms with Gasteiger partial charge < -0.3 is 25.8 Å². The Morgan fingerprint density at radius 1 is 1.26 bits per heavy atom. The quantitative estimate of drug-likeness (QED) is 0.318. The van der Waals surface area contributed by atoms with Gasteiger partial charge in [0.2, 0.25) is 17.6 Å². The summed E-state index contributed by atoms with van der Waals surface area (Å²) in [7, 11) is 0. The van der Waals surface area contributed by atoms with Crippen molar-refractivity contribution in [1.29, 1.82) is 0 Å². The molecule has 0 amide bonds. The maximum absolute atomic E-state index is 11.3. The smallest absolute Gasteiger partial charge is 0.353 e. The summed E-state index contributed by atoms with van der Waals surface area (Å²) in [6.45, 7) is 6.20. The fourth-order valence-corrected chi connectivity index (χ4v) is 3.20. The third-order valence-corrected chi connectivity index (χ3v) is 4.65. The van der Waals surface area contributed by atoms with Gasteiger partial charge in [0.05, 0.1) is 24.2 Å². The predicted molar refractivity (Wildman–Crippen MR) is 101 cm³/mol. The minimum Gasteiger partial charge on any atom is -0.379 e. The van der Waals surface area contributed by atoms with Crippen molar-refractivity contribution in [1.82, 2.24) is 14.9 Å². The second-order valence-corrected chi connectivity index (χ2v) is 6.64. The van der Waals surface area contributed by atoms with Crippen LogP contribution in [0.3, 0.4) is 0 Å². The van der Waals surface area contributed by atoms with Crippen LogP contribution in [-0.2, 0) is 9.47 Å². The van der Waals surface area contributed by atoms with Gasteiger partial charge in [0.25, 0.3) is 0 Å². The minimum absolute atomic E-state index is 0.0331. The first kappa shape index (κ1) is 19.5. The highest BCUT2D eigenvalue weighted by atomic mass is 16.6. The molecule has 0 radical (unpaired) electrons. The van der Waals surface area contributed by atoms with Gasteiger partial charge in [0.1, 0.15) is 0 Å². The van der Waals surface area contributed by atoms with Gasteiger partial charge in [-0.3, -0.25) is 15.0 Å². The minimum atomic E-state index is -0.560. The summed E-state index contributed by atoms with van der Waals surface area (Å²) in [4.78, 5) is 21.4. The van der Waals surface area contributed by atoms with Crippen molar-refractivity contribution >= 4 is 23.3 Å². The van der Waals surface area contributed by atoms with Crippen LogP contribution in [0.4, 0.5) is 23.3 Å². The van der Waals surface area contributed by atoms with Crippen LogP contribution >= 0.6 is 0 Å². The molecular formula is C16H27N7O4. The second kappa shape index (κ2) is 9.62. The van der Waals surface area contributed by atoms with Gasteiger partial charge in [-0.25, -0.2) is 0 Å². The van der Waals surface area contributed by atoms with E-state index in [-0.39, 0.29) is 29.4 Å². The van der Waals surface area contributed by atoms with E-state index in [1.165, 1.54) is 0 Å². The molecular weight excluding hydrogens is 354 g/mol. The molecule has 0 aromatic carbocycles. The zero-order valence-electron chi connectivity index (χ0n) is 15.4. The molecule has 3 heterocycles. The summed E-state index contributed by atoms with van der Waals surface area (Å²) in [6, 6.07) is 0. The number of hydrogen-bond acceptors (Lipinski definition) is 10. The number of nitrogen functional groups attached to an aromatic ring is 1. The highest BCUT2D eigenvalue weighted by Crippen LogP contribution is 2.29. The van der Waals surface area contributed by atoms with Crippen molar-refractivity contribution in [2.45, 2.75) is 25.4 Å². The molecule has 1 aromatic rings. The highest BCUT2D eigenvalue weighted by Gasteiger charge is 2.24. The largest absolute Gasteiger partial charge is 0.379 e. The van der Waals surface area contributed by atoms with Crippen LogP contribution in [0.5, 0.6) is 0 Å². The lowest BCUT2D eigenvalue weighted by Gasteiger charge is -2.26. The number of nitrogens with two attached hydrogens (primary N) is 1. The van der Waals surface area contributed by atoms with Crippen LogP contribution in [0.2, 0.25) is 0 Å². The fourth-order valence-electron chi connectivity index (χ4n) is 3.20. The van der Waals surface area contributed by atoms with E-state index in [2.05, 4.69) is 25.5 Å². The van der Waals surface area contributed by atoms with Gasteiger partial charge in [0, 0.05) is 32.8 Å². The summed E-state index contributed by atoms with van der Waals surface area (Å²) < 4.78 is 10.9. The van der Waals surface area contributed by atoms with E-state index in [0.717, 1.165) is 58.7 Å². The zero-order valence-corrected chi connectivity index (χ0v) is 15.4. The molecule has 27 heavy (non-hydrogen) atoms. The van der Waals surface area contributed by atoms with Crippen molar-refractivity contribution in [2.24, 2.45) is 0 Å². The summed E-state index contributed by atoms with van der Waals surface area (Å²) >= 11 is 0. The predicted octanol–water partition coefficient (Wildman–Crippen LogP) is 0.692. The molecule has 2 saturated heterocycles. The Kier molecular flexibility index (Phi) is 6.96. The fraction of sp³-hybridized carbons (Fsp3) is 0.750. The van der Waals surface area contributed by atoms with Crippen LogP contribution in [-0.4, -0.2) is 78.4 Å². The Labute approximate surface area is 157 Å². The number of ether oxygens (including phenoxy) is 2. The second-order valence-electron chi connectivity index (χ2n) is 6.64. The van der Waals surface area contributed by atoms with Gasteiger partial charge in [-0.15, -0.1) is 0 Å². The normalized spacial score (nSPS) is 20.5. The summed E-state index contributed by atoms with van der Waals surface area (Å²) in [5, 5.41) is 17.4. The first-order valence-corrected chi connectivity index (χ1v) is 9.35. The average molecular weight is 381 g/mol. The first-order chi connectivity index (χ1) is 13.1. The zero-order chi connectivity index (χ0) is 19.1. The molecule has 2 aliphatic rings. The van der Waals surface area contributed by atoms with Gasteiger partial charge in [0.15, 0.2) is 0 Å². The van der Waals surface area contributed by atoms with Crippen molar-refractivity contribution in [3.05, 3.63) is 10.1 Å². The number of nitrogens with zero attached hydrogens (tertiary/aromatic N) is 4. The van der Waals surface area contributed by atoms with E-state index in [4.69, 9.17) is 15.2 Å². The van der Waals surface area contributed by atoms with Crippen LogP contribution in [0.25, 0.3) is 0 Å². The highest BCUT2D eigenvalue weighted by molar-refractivity contribution is 5.69. The summed E-state index contributed by atoms with van der Waals surface area (Å²) in [6.07, 6.45) is 2.86. The topological polar surface area (TPSA) is 141 Å². The lowest BCUT2D eigenvalue weighted by molar-refractivity contribution is -0.383. The van der Waals surface area contributed by atoms with Crippen molar-refractivity contribution < 1.29 is 14.4 Å². The van der Waals surface area contributed by atoms with Crippen molar-refractivity contribution in [3.8, 4) is 0 Å². The molecule has 3 rings (SSSR count). The molecule has 11 heteroatoms. The Hall–Kier alpha value is -2.24. The molecule has 4 N–H and O–H groups in total. The van der Waals surface area contributed by atoms with Gasteiger partial charge >= 0.3 is 5.69 Å². The number of aromatic nitrogens is 2. The molecule has 150 valence electrons. The standard InChI is InChI=1S/C16H27N7O4/c17-14-13(23(24)25)15(19-11-12-3-1-8-27-12)21-16(20-14)18-4-2-5-22-6-9-26-10-7-22/h12H,1-11H2,(H4,17,18,19,20,21). The molecule has 2 fully saturated rings. The lowest BCUT2D eigenvalue weighted by atomic mass is 10.2. The van der Waals surface area contributed by atoms with Gasteiger partial charge in [-0.05, 0) is 25.8 Å². The number of rotatable bonds is 9. The summed E-state index contributed by atoms with van der Waals surface area (Å²) in [5.41, 5.74) is 5.50. The number of morpholine rings is 1. The Balaban J connectivity index is 1.56. The van der Waals surface area contributed by atoms with E-state index in [0.29, 0.717) is 13.1 Å². The van der Waals surface area contributed by atoms with Crippen LogP contribution < -0.4 is 16.4 Å². The Morgan fingerprint density at radius 2 is 2.07 bits per heavy atom. The number of nitro groups is 1. The number of hydrogen-bond donors (Lipinski definition) is 3. The molecule has 0 aliphatic carbocycles. The molecule has 1 atom stereocenters. The Morgan fingerprint density at radius 3 is 2.78 bits per heavy atom. The Bertz CT molecular complexity index is 633. The molecule has 0 bridgehead atoms. The average Bonchev–Trinajstić information content (AvgIpc) is 3.17. The third kappa shape index (κ3) is 5.62. The van der Waals surface area contributed by atoms with E-state index >= 15 is 0 Å². The molecule has 2 aliphatic heterocycles. The van der Waals surface area contributed by atoms with Gasteiger partial charge in [-0.1, -0.05) is 0 Å². The van der Waals surface area contributed by atoms with Crippen LogP contribution in [0.15, 0.2) is 0 Å². The van der Waals surface area contributed by atoms with E-state index < -0.39 is 4.92 Å². The molecule has 11 nitrogen and oxygen atoms in total. The molecule has 0 saturated carbocycles. The van der Waals surface area contributed by atoms with Crippen molar-refractivity contribution in [3.63, 3.8) is 0 Å². The molecule has 1 aromatic heterocycles. The monoisotopic (exact) mass is 381 g/mol. The first-order valence-electron chi connectivity index (χ1n) is 9.35. The summed E-state index contributed by atoms with van der Waals surface area (Å²) in [5.74, 6) is 0.258. The van der Waals surface area contributed by atoms with Crippen molar-refractivity contribution in [2.75, 3.05) is 68.9 Å². The van der Waals surface area contributed by atoms with E-state index in [1.54, 1.807) is 0 Å². The van der Waals surface area contributed by atoms with E-state index in [1.807, 2.05) is 0 Å². The SMILES string of the molecule is Nc1nc(NCCCN2CCOCC2)nc(NCC2CCCO2)c1[N+](=O)[O-]. The third-order valence-electron chi connectivity index (χ3n) is 4.65. The van der Waals surface area contributed by atoms with Crippen LogP contribution in [0, 0.1) is 10.1 Å². The lowest BCUT2D eigenvalue weighted by Crippen LogP contribution is -2.37. The molecule has 0 spiro atoms. The van der Waals surface area contributed by atoms with E-state index in [9.17, 15) is 10.1 Å². The maximum Gasteiger partial charge on any atom is 0.353 e. The number of anilines is 3. The van der Waals surface area contributed by atoms with Crippen LogP contribution in [0.1, 0.15) is 19.3 Å². The maximum atomic E-state index is 11.3. The molecule has 1 unspecified atom stereocenters. The van der Waals surface area contributed by atoms with Gasteiger partial charge in [-0.2, -0.15) is 9.97 Å².